The van der Waals surface area contributed by atoms with Gasteiger partial charge in [0, 0.05) is 13.0 Å². The fourth-order valence-corrected chi connectivity index (χ4v) is 2.77. The zero-order valence-electron chi connectivity index (χ0n) is 17.0. The van der Waals surface area contributed by atoms with Crippen molar-refractivity contribution in [3.8, 4) is 5.75 Å². The fraction of sp³-hybridized carbons (Fsp3) is 0.571. The molecule has 4 N–H and O–H groups in total. The summed E-state index contributed by atoms with van der Waals surface area (Å²) in [5, 5.41) is 5.33. The minimum Gasteiger partial charge on any atom is -0.497 e. The number of nitrogens with one attached hydrogen (secondary N) is 2. The monoisotopic (exact) mass is 391 g/mol. The van der Waals surface area contributed by atoms with E-state index in [0.717, 1.165) is 43.4 Å². The number of rotatable bonds is 14. The summed E-state index contributed by atoms with van der Waals surface area (Å²) in [6.45, 7) is 2.56. The van der Waals surface area contributed by atoms with E-state index in [9.17, 15) is 14.4 Å². The van der Waals surface area contributed by atoms with Crippen LogP contribution in [0, 0.1) is 0 Å². The van der Waals surface area contributed by atoms with Crippen LogP contribution in [0.25, 0.3) is 0 Å². The summed E-state index contributed by atoms with van der Waals surface area (Å²) >= 11 is 0. The van der Waals surface area contributed by atoms with Gasteiger partial charge in [-0.25, -0.2) is 0 Å². The average molecular weight is 392 g/mol. The third kappa shape index (κ3) is 9.94. The van der Waals surface area contributed by atoms with Crippen molar-refractivity contribution in [1.82, 2.24) is 10.6 Å². The second-order valence-corrected chi connectivity index (χ2v) is 6.84. The molecular formula is C21H33N3O4. The van der Waals surface area contributed by atoms with E-state index in [-0.39, 0.29) is 18.2 Å². The van der Waals surface area contributed by atoms with Crippen LogP contribution in [-0.4, -0.2) is 37.4 Å². The van der Waals surface area contributed by atoms with E-state index >= 15 is 0 Å². The zero-order valence-corrected chi connectivity index (χ0v) is 17.0. The molecule has 0 aliphatic carbocycles. The van der Waals surface area contributed by atoms with Gasteiger partial charge in [-0.2, -0.15) is 0 Å². The molecule has 0 fully saturated rings. The van der Waals surface area contributed by atoms with Gasteiger partial charge in [-0.1, -0.05) is 44.7 Å². The van der Waals surface area contributed by atoms with E-state index in [1.807, 2.05) is 24.3 Å². The molecule has 0 saturated carbocycles. The molecule has 0 radical (unpaired) electrons. The standard InChI is InChI=1S/C21H33N3O4/c1-3-4-5-6-7-8-19(25)24-18(21(22)27)15-20(26)23-14-13-16-9-11-17(28-2)12-10-16/h9-12,18H,3-8,13-15H2,1-2H3,(H2,22,27)(H,23,26)(H,24,25)/t18-/m1/s1. The molecule has 28 heavy (non-hydrogen) atoms. The molecule has 3 amide bonds. The highest BCUT2D eigenvalue weighted by Gasteiger charge is 2.21. The largest absolute Gasteiger partial charge is 0.497 e. The van der Waals surface area contributed by atoms with Crippen molar-refractivity contribution in [2.24, 2.45) is 5.73 Å². The first kappa shape index (κ1) is 23.5. The molecule has 7 nitrogen and oxygen atoms in total. The van der Waals surface area contributed by atoms with Crippen molar-refractivity contribution in [2.75, 3.05) is 13.7 Å². The van der Waals surface area contributed by atoms with Crippen LogP contribution >= 0.6 is 0 Å². The number of carbonyl (C=O) groups is 3. The number of hydrogen-bond donors (Lipinski definition) is 3. The third-order valence-corrected chi connectivity index (χ3v) is 4.47. The summed E-state index contributed by atoms with van der Waals surface area (Å²) < 4.78 is 5.10. The van der Waals surface area contributed by atoms with Crippen LogP contribution in [0.15, 0.2) is 24.3 Å². The maximum absolute atomic E-state index is 12.1. The Morgan fingerprint density at radius 1 is 1.04 bits per heavy atom. The minimum atomic E-state index is -0.982. The van der Waals surface area contributed by atoms with Crippen molar-refractivity contribution in [1.29, 1.82) is 0 Å². The highest BCUT2D eigenvalue weighted by Crippen LogP contribution is 2.11. The van der Waals surface area contributed by atoms with Gasteiger partial charge in [-0.15, -0.1) is 0 Å². The van der Waals surface area contributed by atoms with Crippen LogP contribution in [0.4, 0.5) is 0 Å². The fourth-order valence-electron chi connectivity index (χ4n) is 2.77. The molecular weight excluding hydrogens is 358 g/mol. The lowest BCUT2D eigenvalue weighted by Gasteiger charge is -2.15. The summed E-state index contributed by atoms with van der Waals surface area (Å²) in [7, 11) is 1.61. The number of unbranched alkanes of at least 4 members (excludes halogenated alkanes) is 4. The van der Waals surface area contributed by atoms with Gasteiger partial charge in [-0.05, 0) is 30.5 Å². The van der Waals surface area contributed by atoms with E-state index in [4.69, 9.17) is 10.5 Å². The molecule has 0 unspecified atom stereocenters. The molecule has 0 spiro atoms. The van der Waals surface area contributed by atoms with Crippen LogP contribution in [0.5, 0.6) is 5.75 Å². The molecule has 0 aliphatic heterocycles. The third-order valence-electron chi connectivity index (χ3n) is 4.47. The highest BCUT2D eigenvalue weighted by molar-refractivity contribution is 5.91. The molecule has 0 saturated heterocycles. The van der Waals surface area contributed by atoms with Crippen LogP contribution in [0.1, 0.15) is 57.4 Å². The highest BCUT2D eigenvalue weighted by atomic mass is 16.5. The Hall–Kier alpha value is -2.57. The van der Waals surface area contributed by atoms with Crippen LogP contribution in [-0.2, 0) is 20.8 Å². The maximum atomic E-state index is 12.1. The Balaban J connectivity index is 2.32. The molecule has 1 aromatic rings. The number of hydrogen-bond acceptors (Lipinski definition) is 4. The van der Waals surface area contributed by atoms with Crippen molar-refractivity contribution >= 4 is 17.7 Å². The molecule has 0 aliphatic rings. The lowest BCUT2D eigenvalue weighted by Crippen LogP contribution is -2.47. The number of carbonyl (C=O) groups excluding carboxylic acids is 3. The van der Waals surface area contributed by atoms with Crippen LogP contribution in [0.2, 0.25) is 0 Å². The molecule has 1 aromatic carbocycles. The van der Waals surface area contributed by atoms with Crippen LogP contribution in [0.3, 0.4) is 0 Å². The molecule has 0 heterocycles. The smallest absolute Gasteiger partial charge is 0.240 e. The van der Waals surface area contributed by atoms with Gasteiger partial charge in [0.2, 0.25) is 17.7 Å². The Morgan fingerprint density at radius 2 is 1.71 bits per heavy atom. The van der Waals surface area contributed by atoms with Gasteiger partial charge >= 0.3 is 0 Å². The van der Waals surface area contributed by atoms with E-state index in [2.05, 4.69) is 17.6 Å². The first-order valence-electron chi connectivity index (χ1n) is 9.94. The number of methoxy groups -OCH3 is 1. The average Bonchev–Trinajstić information content (AvgIpc) is 2.67. The van der Waals surface area contributed by atoms with E-state index < -0.39 is 11.9 Å². The second-order valence-electron chi connectivity index (χ2n) is 6.84. The molecule has 7 heteroatoms. The maximum Gasteiger partial charge on any atom is 0.240 e. The van der Waals surface area contributed by atoms with Gasteiger partial charge in [0.25, 0.3) is 0 Å². The summed E-state index contributed by atoms with van der Waals surface area (Å²) in [6, 6.07) is 6.59. The van der Waals surface area contributed by atoms with Crippen LogP contribution < -0.4 is 21.1 Å². The SMILES string of the molecule is CCCCCCCC(=O)N[C@H](CC(=O)NCCc1ccc(OC)cc1)C(N)=O. The summed E-state index contributed by atoms with van der Waals surface area (Å²) in [5.74, 6) is -0.491. The van der Waals surface area contributed by atoms with E-state index in [1.165, 1.54) is 0 Å². The molecule has 156 valence electrons. The summed E-state index contributed by atoms with van der Waals surface area (Å²) in [6.07, 6.45) is 5.98. The minimum absolute atomic E-state index is 0.153. The Labute approximate surface area is 167 Å². The van der Waals surface area contributed by atoms with E-state index in [1.54, 1.807) is 7.11 Å². The zero-order chi connectivity index (χ0) is 20.8. The van der Waals surface area contributed by atoms with Gasteiger partial charge in [0.05, 0.1) is 13.5 Å². The molecule has 0 bridgehead atoms. The number of primary amides is 1. The lowest BCUT2D eigenvalue weighted by atomic mass is 10.1. The second kappa shape index (κ2) is 13.6. The van der Waals surface area contributed by atoms with Crippen molar-refractivity contribution < 1.29 is 19.1 Å². The summed E-state index contributed by atoms with van der Waals surface area (Å²) in [4.78, 5) is 35.6. The van der Waals surface area contributed by atoms with Gasteiger partial charge in [-0.3, -0.25) is 14.4 Å². The number of nitrogens with two attached hydrogens (primary N) is 1. The normalized spacial score (nSPS) is 11.5. The summed E-state index contributed by atoms with van der Waals surface area (Å²) in [5.41, 5.74) is 6.39. The molecule has 1 atom stereocenters. The topological polar surface area (TPSA) is 111 Å². The van der Waals surface area contributed by atoms with Crippen molar-refractivity contribution in [3.05, 3.63) is 29.8 Å². The first-order chi connectivity index (χ1) is 13.5. The Bertz CT molecular complexity index is 617. The quantitative estimate of drug-likeness (QED) is 0.422. The molecule has 0 aromatic heterocycles. The van der Waals surface area contributed by atoms with Crippen molar-refractivity contribution in [3.63, 3.8) is 0 Å². The van der Waals surface area contributed by atoms with Crippen molar-refractivity contribution in [2.45, 2.75) is 64.3 Å². The van der Waals surface area contributed by atoms with E-state index in [0.29, 0.717) is 19.4 Å². The number of ether oxygens (including phenoxy) is 1. The lowest BCUT2D eigenvalue weighted by molar-refractivity contribution is -0.130. The predicted octanol–water partition coefficient (Wildman–Crippen LogP) is 2.07. The Morgan fingerprint density at radius 3 is 2.32 bits per heavy atom. The van der Waals surface area contributed by atoms with Gasteiger partial charge in [0.1, 0.15) is 11.8 Å². The predicted molar refractivity (Wildman–Crippen MR) is 109 cm³/mol. The number of amides is 3. The molecule has 1 rings (SSSR count). The first-order valence-corrected chi connectivity index (χ1v) is 9.94. The van der Waals surface area contributed by atoms with Gasteiger partial charge in [0.15, 0.2) is 0 Å². The Kier molecular flexibility index (Phi) is 11.4. The number of benzene rings is 1. The van der Waals surface area contributed by atoms with Gasteiger partial charge < -0.3 is 21.1 Å².